The van der Waals surface area contributed by atoms with E-state index < -0.39 is 0 Å². The number of rotatable bonds is 3. The molecule has 1 aliphatic rings. The Morgan fingerprint density at radius 1 is 0.458 bits per heavy atom. The summed E-state index contributed by atoms with van der Waals surface area (Å²) in [5, 5.41) is 14.1. The number of nitrogens with zero attached hydrogens (tertiary/aromatic N) is 3. The molecule has 276 valence electrons. The summed E-state index contributed by atoms with van der Waals surface area (Å²) in [6.07, 6.45) is 0. The topological polar surface area (TPSA) is 34.2 Å². The molecule has 3 aromatic heterocycles. The highest BCUT2D eigenvalue weighted by Gasteiger charge is 2.28. The molecule has 0 amide bonds. The largest absolute Gasteiger partial charge is 0.344 e. The van der Waals surface area contributed by atoms with Gasteiger partial charge in [0.15, 0.2) is 0 Å². The van der Waals surface area contributed by atoms with Gasteiger partial charge in [0.05, 0.1) is 33.8 Å². The van der Waals surface area contributed by atoms with Gasteiger partial charge in [-0.2, -0.15) is 0 Å². The van der Waals surface area contributed by atoms with E-state index in [1.807, 2.05) is 11.3 Å². The van der Waals surface area contributed by atoms with E-state index in [1.165, 1.54) is 74.7 Å². The lowest BCUT2D eigenvalue weighted by molar-refractivity contribution is 0.732. The van der Waals surface area contributed by atoms with Crippen LogP contribution in [0.1, 0.15) is 17.2 Å². The number of hydrogen-bond donors (Lipinski definition) is 1. The quantitative estimate of drug-likeness (QED) is 0.191. The molecule has 0 bridgehead atoms. The van der Waals surface area contributed by atoms with E-state index in [2.05, 4.69) is 209 Å². The Kier molecular flexibility index (Phi) is 6.91. The van der Waals surface area contributed by atoms with Crippen molar-refractivity contribution in [1.82, 2.24) is 14.5 Å². The third-order valence-corrected chi connectivity index (χ3v) is 13.4. The van der Waals surface area contributed by atoms with Gasteiger partial charge in [-0.25, -0.2) is 4.99 Å². The highest BCUT2D eigenvalue weighted by molar-refractivity contribution is 7.26. The Labute approximate surface area is 343 Å². The average Bonchev–Trinajstić information content (AvgIpc) is 3.94. The SMILES string of the molecule is c1ccc(-c2cc(C3NC(n4c5ccccc5c5cc6c7ccccc7n(-c7ccccc7)c6cc54)=Nc4ccccc43)cc3sc4cc5ccccc5cc4c23)cc1. The van der Waals surface area contributed by atoms with Crippen molar-refractivity contribution in [1.29, 1.82) is 0 Å². The summed E-state index contributed by atoms with van der Waals surface area (Å²) in [6.45, 7) is 0. The van der Waals surface area contributed by atoms with Crippen LogP contribution in [0.15, 0.2) is 199 Å². The van der Waals surface area contributed by atoms with E-state index in [9.17, 15) is 0 Å². The molecule has 13 rings (SSSR count). The normalized spacial score (nSPS) is 14.2. The summed E-state index contributed by atoms with van der Waals surface area (Å²) in [5.74, 6) is 0.811. The molecule has 0 saturated carbocycles. The van der Waals surface area contributed by atoms with E-state index in [1.54, 1.807) is 0 Å². The highest BCUT2D eigenvalue weighted by atomic mass is 32.1. The minimum Gasteiger partial charge on any atom is -0.344 e. The number of thiophene rings is 1. The van der Waals surface area contributed by atoms with Crippen molar-refractivity contribution in [2.24, 2.45) is 4.99 Å². The molecule has 4 heterocycles. The van der Waals surface area contributed by atoms with E-state index in [-0.39, 0.29) is 6.04 Å². The second kappa shape index (κ2) is 12.5. The van der Waals surface area contributed by atoms with Crippen molar-refractivity contribution in [2.75, 3.05) is 0 Å². The Hall–Kier alpha value is -7.47. The molecule has 4 nitrogen and oxygen atoms in total. The summed E-state index contributed by atoms with van der Waals surface area (Å²) in [5.41, 5.74) is 11.5. The molecule has 1 atom stereocenters. The van der Waals surface area contributed by atoms with Crippen LogP contribution in [-0.4, -0.2) is 15.1 Å². The molecule has 0 fully saturated rings. The van der Waals surface area contributed by atoms with Crippen LogP contribution in [0.25, 0.3) is 91.4 Å². The van der Waals surface area contributed by atoms with Crippen LogP contribution in [0.5, 0.6) is 0 Å². The van der Waals surface area contributed by atoms with Crippen LogP contribution in [0.3, 0.4) is 0 Å². The fourth-order valence-corrected chi connectivity index (χ4v) is 10.9. The summed E-state index contributed by atoms with van der Waals surface area (Å²) in [6, 6.07) is 70.6. The Morgan fingerprint density at radius 3 is 1.86 bits per heavy atom. The molecule has 0 aliphatic carbocycles. The first-order valence-electron chi connectivity index (χ1n) is 20.2. The molecule has 12 aromatic rings. The Morgan fingerprint density at radius 2 is 1.08 bits per heavy atom. The lowest BCUT2D eigenvalue weighted by atomic mass is 9.91. The third-order valence-electron chi connectivity index (χ3n) is 12.3. The monoisotopic (exact) mass is 770 g/mol. The Balaban J connectivity index is 1.06. The summed E-state index contributed by atoms with van der Waals surface area (Å²) >= 11 is 1.88. The van der Waals surface area contributed by atoms with Gasteiger partial charge in [0.25, 0.3) is 0 Å². The van der Waals surface area contributed by atoms with Crippen LogP contribution >= 0.6 is 11.3 Å². The highest BCUT2D eigenvalue weighted by Crippen LogP contribution is 2.46. The van der Waals surface area contributed by atoms with Gasteiger partial charge in [-0.15, -0.1) is 11.3 Å². The van der Waals surface area contributed by atoms with Crippen LogP contribution in [0.2, 0.25) is 0 Å². The first-order valence-corrected chi connectivity index (χ1v) is 21.0. The van der Waals surface area contributed by atoms with Crippen LogP contribution < -0.4 is 5.32 Å². The smallest absolute Gasteiger partial charge is 0.209 e. The molecule has 0 radical (unpaired) electrons. The van der Waals surface area contributed by atoms with Crippen molar-refractivity contribution in [2.45, 2.75) is 6.04 Å². The maximum absolute atomic E-state index is 5.44. The van der Waals surface area contributed by atoms with Crippen molar-refractivity contribution in [3.05, 3.63) is 205 Å². The minimum absolute atomic E-state index is 0.148. The van der Waals surface area contributed by atoms with E-state index >= 15 is 0 Å². The van der Waals surface area contributed by atoms with Gasteiger partial charge in [0.2, 0.25) is 5.96 Å². The summed E-state index contributed by atoms with van der Waals surface area (Å²) < 4.78 is 7.33. The molecular formula is C54H34N4S. The van der Waals surface area contributed by atoms with Gasteiger partial charge < -0.3 is 9.88 Å². The summed E-state index contributed by atoms with van der Waals surface area (Å²) in [7, 11) is 0. The third kappa shape index (κ3) is 4.86. The van der Waals surface area contributed by atoms with Gasteiger partial charge in [0, 0.05) is 53.0 Å². The van der Waals surface area contributed by atoms with Gasteiger partial charge >= 0.3 is 0 Å². The first kappa shape index (κ1) is 32.6. The second-order valence-electron chi connectivity index (χ2n) is 15.6. The molecule has 1 N–H and O–H groups in total. The molecule has 5 heteroatoms. The average molecular weight is 771 g/mol. The summed E-state index contributed by atoms with van der Waals surface area (Å²) in [4.78, 5) is 5.44. The number of aliphatic imine (C=N–C) groups is 1. The number of fused-ring (bicyclic) bond motifs is 11. The zero-order chi connectivity index (χ0) is 38.6. The number of para-hydroxylation sites is 4. The lowest BCUT2D eigenvalue weighted by Gasteiger charge is -2.29. The van der Waals surface area contributed by atoms with Gasteiger partial charge in [-0.3, -0.25) is 4.57 Å². The molecule has 1 unspecified atom stereocenters. The van der Waals surface area contributed by atoms with Gasteiger partial charge in [-0.1, -0.05) is 127 Å². The fourth-order valence-electron chi connectivity index (χ4n) is 9.70. The zero-order valence-electron chi connectivity index (χ0n) is 31.8. The van der Waals surface area contributed by atoms with Gasteiger partial charge in [-0.05, 0) is 94.2 Å². The maximum Gasteiger partial charge on any atom is 0.209 e. The molecule has 0 spiro atoms. The lowest BCUT2D eigenvalue weighted by Crippen LogP contribution is -2.36. The molecule has 1 aliphatic heterocycles. The maximum atomic E-state index is 5.44. The fraction of sp³-hybridized carbons (Fsp3) is 0.0185. The van der Waals surface area contributed by atoms with Crippen molar-refractivity contribution < 1.29 is 0 Å². The Bertz CT molecular complexity index is 3700. The minimum atomic E-state index is -0.148. The van der Waals surface area contributed by atoms with Crippen LogP contribution in [-0.2, 0) is 0 Å². The standard InChI is InChI=1S/C54H34N4S/c1-3-15-33(16-4-1)41-28-36(30-51-52(41)44-27-34-17-7-8-18-35(34)29-50(44)59-51)53-40-23-9-12-24-45(40)55-54(56-53)58-47-26-14-11-22-39(47)43-31-42-38-21-10-13-25-46(38)57(48(42)32-49(43)58)37-19-5-2-6-20-37/h1-32,53H,(H,55,56). The number of benzene rings is 9. The molecule has 9 aromatic carbocycles. The molecular weight excluding hydrogens is 737 g/mol. The van der Waals surface area contributed by atoms with Crippen molar-refractivity contribution >= 4 is 97.5 Å². The number of aromatic nitrogens is 2. The van der Waals surface area contributed by atoms with Crippen LogP contribution in [0.4, 0.5) is 5.69 Å². The van der Waals surface area contributed by atoms with Crippen LogP contribution in [0, 0.1) is 0 Å². The predicted molar refractivity (Wildman–Crippen MR) is 250 cm³/mol. The van der Waals surface area contributed by atoms with Crippen molar-refractivity contribution in [3.63, 3.8) is 0 Å². The molecule has 59 heavy (non-hydrogen) atoms. The zero-order valence-corrected chi connectivity index (χ0v) is 32.6. The van der Waals surface area contributed by atoms with E-state index in [0.29, 0.717) is 0 Å². The number of nitrogens with one attached hydrogen (secondary N) is 1. The van der Waals surface area contributed by atoms with E-state index in [4.69, 9.17) is 4.99 Å². The first-order chi connectivity index (χ1) is 29.2. The molecule has 0 saturated heterocycles. The van der Waals surface area contributed by atoms with Gasteiger partial charge in [0.1, 0.15) is 0 Å². The van der Waals surface area contributed by atoms with Crippen molar-refractivity contribution in [3.8, 4) is 16.8 Å². The van der Waals surface area contributed by atoms with E-state index in [0.717, 1.165) is 39.4 Å². The second-order valence-corrected chi connectivity index (χ2v) is 16.7. The number of hydrogen-bond acceptors (Lipinski definition) is 3. The predicted octanol–water partition coefficient (Wildman–Crippen LogP) is 14.3.